The fraction of sp³-hybridized carbons (Fsp3) is 0.273. The van der Waals surface area contributed by atoms with Gasteiger partial charge in [-0.2, -0.15) is 0 Å². The quantitative estimate of drug-likeness (QED) is 0.718. The first kappa shape index (κ1) is 11.4. The maximum Gasteiger partial charge on any atom is 0.360 e. The Hall–Kier alpha value is -1.71. The number of aromatic nitrogens is 1. The highest BCUT2D eigenvalue weighted by Crippen LogP contribution is 2.18. The maximum atomic E-state index is 13.7. The topological polar surface area (TPSA) is 39.2 Å². The molecular weight excluding hydrogens is 197 g/mol. The van der Waals surface area contributed by atoms with E-state index >= 15 is 0 Å². The molecule has 0 aromatic carbocycles. The first-order chi connectivity index (χ1) is 7.07. The van der Waals surface area contributed by atoms with Crippen LogP contribution in [0.4, 0.5) is 4.39 Å². The lowest BCUT2D eigenvalue weighted by Crippen LogP contribution is -2.10. The molecule has 0 fully saturated rings. The van der Waals surface area contributed by atoms with Crippen molar-refractivity contribution in [2.45, 2.75) is 13.8 Å². The number of hydrogen-bond donors (Lipinski definition) is 0. The summed E-state index contributed by atoms with van der Waals surface area (Å²) < 4.78 is 18.3. The Morgan fingerprint density at radius 3 is 2.87 bits per heavy atom. The molecule has 1 rings (SSSR count). The molecule has 1 aromatic heterocycles. The molecule has 0 bridgehead atoms. The fourth-order valence-electron chi connectivity index (χ4n) is 1.12. The number of hydrogen-bond acceptors (Lipinski definition) is 3. The molecule has 0 spiro atoms. The molecule has 0 saturated heterocycles. The smallest absolute Gasteiger partial charge is 0.360 e. The van der Waals surface area contributed by atoms with Gasteiger partial charge in [-0.25, -0.2) is 14.2 Å². The number of halogens is 1. The maximum absolute atomic E-state index is 13.7. The molecule has 0 radical (unpaired) electrons. The molecule has 0 unspecified atom stereocenters. The zero-order valence-corrected chi connectivity index (χ0v) is 8.71. The lowest BCUT2D eigenvalue weighted by atomic mass is 10.1. The minimum Gasteiger partial charge on any atom is -0.461 e. The van der Waals surface area contributed by atoms with E-state index in [0.717, 1.165) is 0 Å². The van der Waals surface area contributed by atoms with Crippen molar-refractivity contribution in [3.05, 3.63) is 35.9 Å². The van der Waals surface area contributed by atoms with Crippen LogP contribution in [0.5, 0.6) is 0 Å². The highest BCUT2D eigenvalue weighted by Gasteiger charge is 2.17. The van der Waals surface area contributed by atoms with E-state index in [-0.39, 0.29) is 17.9 Å². The summed E-state index contributed by atoms with van der Waals surface area (Å²) >= 11 is 0. The van der Waals surface area contributed by atoms with Gasteiger partial charge < -0.3 is 4.74 Å². The van der Waals surface area contributed by atoms with Crippen LogP contribution in [0.25, 0.3) is 5.57 Å². The third-order valence-electron chi connectivity index (χ3n) is 1.82. The summed E-state index contributed by atoms with van der Waals surface area (Å²) in [5.41, 5.74) is 0.533. The van der Waals surface area contributed by atoms with E-state index < -0.39 is 11.8 Å². The van der Waals surface area contributed by atoms with Crippen molar-refractivity contribution in [3.63, 3.8) is 0 Å². The monoisotopic (exact) mass is 209 g/mol. The summed E-state index contributed by atoms with van der Waals surface area (Å²) in [6, 6.07) is 1.47. The average Bonchev–Trinajstić information content (AvgIpc) is 2.17. The summed E-state index contributed by atoms with van der Waals surface area (Å²) in [7, 11) is 0. The Balaban J connectivity index is 3.15. The van der Waals surface area contributed by atoms with E-state index in [9.17, 15) is 9.18 Å². The zero-order chi connectivity index (χ0) is 11.4. The number of pyridine rings is 1. The second-order valence-electron chi connectivity index (χ2n) is 3.02. The second-order valence-corrected chi connectivity index (χ2v) is 3.02. The van der Waals surface area contributed by atoms with Gasteiger partial charge in [-0.1, -0.05) is 6.58 Å². The van der Waals surface area contributed by atoms with Gasteiger partial charge in [0.05, 0.1) is 6.61 Å². The largest absolute Gasteiger partial charge is 0.461 e. The Labute approximate surface area is 87.6 Å². The minimum absolute atomic E-state index is 0.192. The van der Waals surface area contributed by atoms with Gasteiger partial charge in [0.2, 0.25) is 0 Å². The molecule has 0 amide bonds. The standard InChI is InChI=1S/C11H12FNO2/c1-4-15-11(14)10-9(12)8(7(2)3)5-6-13-10/h5-6H,2,4H2,1,3H3. The molecule has 3 nitrogen and oxygen atoms in total. The highest BCUT2D eigenvalue weighted by atomic mass is 19.1. The van der Waals surface area contributed by atoms with Gasteiger partial charge in [0.15, 0.2) is 11.5 Å². The van der Waals surface area contributed by atoms with E-state index in [2.05, 4.69) is 16.3 Å². The Kier molecular flexibility index (Phi) is 3.55. The zero-order valence-electron chi connectivity index (χ0n) is 8.71. The molecule has 4 heteroatoms. The van der Waals surface area contributed by atoms with Crippen LogP contribution in [-0.4, -0.2) is 17.6 Å². The van der Waals surface area contributed by atoms with Gasteiger partial charge in [0.25, 0.3) is 0 Å². The summed E-state index contributed by atoms with van der Waals surface area (Å²) in [5.74, 6) is -1.43. The van der Waals surface area contributed by atoms with Gasteiger partial charge in [0, 0.05) is 11.8 Å². The van der Waals surface area contributed by atoms with Crippen LogP contribution in [0.2, 0.25) is 0 Å². The number of allylic oxidation sites excluding steroid dienone is 1. The number of ether oxygens (including phenoxy) is 1. The van der Waals surface area contributed by atoms with Crippen molar-refractivity contribution >= 4 is 11.5 Å². The summed E-state index contributed by atoms with van der Waals surface area (Å²) in [5, 5.41) is 0. The van der Waals surface area contributed by atoms with Gasteiger partial charge in [0.1, 0.15) is 0 Å². The van der Waals surface area contributed by atoms with Crippen molar-refractivity contribution in [3.8, 4) is 0 Å². The summed E-state index contributed by atoms with van der Waals surface area (Å²) in [6.45, 7) is 7.12. The molecule has 0 aliphatic heterocycles. The van der Waals surface area contributed by atoms with Crippen molar-refractivity contribution in [2.75, 3.05) is 6.61 Å². The third-order valence-corrected chi connectivity index (χ3v) is 1.82. The molecule has 0 aliphatic carbocycles. The van der Waals surface area contributed by atoms with E-state index in [1.54, 1.807) is 13.8 Å². The number of rotatable bonds is 3. The Morgan fingerprint density at radius 1 is 1.67 bits per heavy atom. The van der Waals surface area contributed by atoms with Crippen molar-refractivity contribution in [2.24, 2.45) is 0 Å². The number of esters is 1. The van der Waals surface area contributed by atoms with Crippen LogP contribution in [0, 0.1) is 5.82 Å². The van der Waals surface area contributed by atoms with Gasteiger partial charge in [-0.15, -0.1) is 0 Å². The first-order valence-corrected chi connectivity index (χ1v) is 4.55. The van der Waals surface area contributed by atoms with Crippen LogP contribution in [0.1, 0.15) is 29.9 Å². The van der Waals surface area contributed by atoms with Crippen LogP contribution in [0.15, 0.2) is 18.8 Å². The number of nitrogens with zero attached hydrogens (tertiary/aromatic N) is 1. The summed E-state index contributed by atoms with van der Waals surface area (Å²) in [4.78, 5) is 14.9. The van der Waals surface area contributed by atoms with Crippen molar-refractivity contribution in [1.82, 2.24) is 4.98 Å². The predicted molar refractivity (Wildman–Crippen MR) is 54.9 cm³/mol. The molecule has 1 aromatic rings. The van der Waals surface area contributed by atoms with Crippen molar-refractivity contribution in [1.29, 1.82) is 0 Å². The molecule has 80 valence electrons. The fourth-order valence-corrected chi connectivity index (χ4v) is 1.12. The minimum atomic E-state index is -0.752. The van der Waals surface area contributed by atoms with Crippen LogP contribution in [-0.2, 0) is 4.74 Å². The third kappa shape index (κ3) is 2.40. The SMILES string of the molecule is C=C(C)c1ccnc(C(=O)OCC)c1F. The predicted octanol–water partition coefficient (Wildman–Crippen LogP) is 2.43. The Bertz CT molecular complexity index is 402. The molecule has 0 saturated carbocycles. The normalized spacial score (nSPS) is 9.80. The number of carbonyl (C=O) groups excluding carboxylic acids is 1. The van der Waals surface area contributed by atoms with Crippen molar-refractivity contribution < 1.29 is 13.9 Å². The van der Waals surface area contributed by atoms with Crippen LogP contribution < -0.4 is 0 Å². The summed E-state index contributed by atoms with van der Waals surface area (Å²) in [6.07, 6.45) is 1.36. The van der Waals surface area contributed by atoms with Gasteiger partial charge in [-0.05, 0) is 25.5 Å². The average molecular weight is 209 g/mol. The molecule has 0 aliphatic rings. The van der Waals surface area contributed by atoms with Gasteiger partial charge >= 0.3 is 5.97 Å². The molecular formula is C11H12FNO2. The van der Waals surface area contributed by atoms with E-state index in [1.807, 2.05) is 0 Å². The lowest BCUT2D eigenvalue weighted by Gasteiger charge is -2.06. The highest BCUT2D eigenvalue weighted by molar-refractivity contribution is 5.88. The molecule has 0 atom stereocenters. The van der Waals surface area contributed by atoms with Gasteiger partial charge in [-0.3, -0.25) is 0 Å². The van der Waals surface area contributed by atoms with Crippen LogP contribution in [0.3, 0.4) is 0 Å². The molecule has 1 heterocycles. The second kappa shape index (κ2) is 4.68. The molecule has 0 N–H and O–H groups in total. The van der Waals surface area contributed by atoms with E-state index in [1.165, 1.54) is 12.3 Å². The lowest BCUT2D eigenvalue weighted by molar-refractivity contribution is 0.0513. The molecule has 15 heavy (non-hydrogen) atoms. The number of carbonyl (C=O) groups is 1. The Morgan fingerprint density at radius 2 is 2.33 bits per heavy atom. The van der Waals surface area contributed by atoms with E-state index in [0.29, 0.717) is 5.57 Å². The van der Waals surface area contributed by atoms with E-state index in [4.69, 9.17) is 0 Å². The van der Waals surface area contributed by atoms with Crippen LogP contribution >= 0.6 is 0 Å². The first-order valence-electron chi connectivity index (χ1n) is 4.55.